The molecule has 1 aliphatic rings. The van der Waals surface area contributed by atoms with Crippen LogP contribution in [0.2, 0.25) is 0 Å². The zero-order valence-electron chi connectivity index (χ0n) is 21.1. The molecule has 2 aromatic carbocycles. The zero-order chi connectivity index (χ0) is 26.0. The van der Waals surface area contributed by atoms with Crippen LogP contribution in [0.15, 0.2) is 77.8 Å². The minimum atomic E-state index is -3.62. The van der Waals surface area contributed by atoms with Crippen molar-refractivity contribution in [3.63, 3.8) is 0 Å². The minimum absolute atomic E-state index is 0.0240. The summed E-state index contributed by atoms with van der Waals surface area (Å²) in [4.78, 5) is 26.5. The highest BCUT2D eigenvalue weighted by Crippen LogP contribution is 2.26. The van der Waals surface area contributed by atoms with Gasteiger partial charge in [-0.15, -0.1) is 0 Å². The number of carbonyl (C=O) groups is 1. The van der Waals surface area contributed by atoms with Gasteiger partial charge in [-0.25, -0.2) is 8.42 Å². The second-order valence-electron chi connectivity index (χ2n) is 9.57. The van der Waals surface area contributed by atoms with Gasteiger partial charge in [0.1, 0.15) is 0 Å². The summed E-state index contributed by atoms with van der Waals surface area (Å²) >= 11 is 0. The Bertz CT molecular complexity index is 1560. The summed E-state index contributed by atoms with van der Waals surface area (Å²) in [5.41, 5.74) is 4.57. The minimum Gasteiger partial charge on any atom is -0.336 e. The van der Waals surface area contributed by atoms with Crippen molar-refractivity contribution < 1.29 is 13.2 Å². The third-order valence-electron chi connectivity index (χ3n) is 6.86. The van der Waals surface area contributed by atoms with Gasteiger partial charge in [-0.1, -0.05) is 30.3 Å². The molecule has 5 rings (SSSR count). The summed E-state index contributed by atoms with van der Waals surface area (Å²) in [7, 11) is -3.62. The first-order valence-corrected chi connectivity index (χ1v) is 14.1. The van der Waals surface area contributed by atoms with E-state index in [2.05, 4.69) is 14.9 Å². The van der Waals surface area contributed by atoms with E-state index >= 15 is 0 Å². The summed E-state index contributed by atoms with van der Waals surface area (Å²) in [6.07, 6.45) is 1.60. The molecule has 0 saturated carbocycles. The van der Waals surface area contributed by atoms with Crippen LogP contribution in [-0.4, -0.2) is 60.3 Å². The molecule has 0 N–H and O–H groups in total. The fraction of sp³-hybridized carbons (Fsp3) is 0.276. The largest absolute Gasteiger partial charge is 0.336 e. The van der Waals surface area contributed by atoms with Crippen molar-refractivity contribution in [2.75, 3.05) is 26.2 Å². The lowest BCUT2D eigenvalue weighted by molar-refractivity contribution is 0.0627. The lowest BCUT2D eigenvalue weighted by atomic mass is 10.1. The third kappa shape index (κ3) is 5.55. The number of nitrogens with zero attached hydrogens (tertiary/aromatic N) is 4. The first kappa shape index (κ1) is 25.0. The molecule has 8 heteroatoms. The molecule has 0 spiro atoms. The van der Waals surface area contributed by atoms with Crippen LogP contribution in [0, 0.1) is 13.8 Å². The number of carbonyl (C=O) groups excluding carboxylic acids is 1. The molecular weight excluding hydrogens is 484 g/mol. The molecule has 0 unspecified atom stereocenters. The number of piperazine rings is 1. The molecule has 3 heterocycles. The molecule has 190 valence electrons. The molecule has 2 aromatic heterocycles. The van der Waals surface area contributed by atoms with Gasteiger partial charge >= 0.3 is 0 Å². The van der Waals surface area contributed by atoms with Gasteiger partial charge in [-0.3, -0.25) is 19.7 Å². The average Bonchev–Trinajstić information content (AvgIpc) is 2.89. The topological polar surface area (TPSA) is 83.5 Å². The van der Waals surface area contributed by atoms with E-state index < -0.39 is 9.84 Å². The van der Waals surface area contributed by atoms with Gasteiger partial charge in [0.2, 0.25) is 0 Å². The first-order chi connectivity index (χ1) is 17.8. The molecule has 7 nitrogen and oxygen atoms in total. The predicted octanol–water partition coefficient (Wildman–Crippen LogP) is 4.18. The second kappa shape index (κ2) is 10.4. The molecule has 1 amide bonds. The van der Waals surface area contributed by atoms with Gasteiger partial charge in [-0.05, 0) is 61.4 Å². The summed E-state index contributed by atoms with van der Waals surface area (Å²) in [6.45, 7) is 7.49. The Labute approximate surface area is 217 Å². The fourth-order valence-corrected chi connectivity index (χ4v) is 6.45. The van der Waals surface area contributed by atoms with E-state index in [4.69, 9.17) is 0 Å². The quantitative estimate of drug-likeness (QED) is 0.384. The van der Waals surface area contributed by atoms with Gasteiger partial charge in [0, 0.05) is 55.6 Å². The smallest absolute Gasteiger partial charge is 0.253 e. The number of benzene rings is 2. The van der Waals surface area contributed by atoms with Crippen molar-refractivity contribution in [3.8, 4) is 0 Å². The maximum absolute atomic E-state index is 13.3. The van der Waals surface area contributed by atoms with Crippen LogP contribution in [0.5, 0.6) is 0 Å². The van der Waals surface area contributed by atoms with Crippen molar-refractivity contribution in [2.45, 2.75) is 31.0 Å². The number of aromatic nitrogens is 2. The van der Waals surface area contributed by atoms with E-state index in [1.54, 1.807) is 42.6 Å². The number of hydrogen-bond donors (Lipinski definition) is 0. The molecule has 37 heavy (non-hydrogen) atoms. The predicted molar refractivity (Wildman–Crippen MR) is 144 cm³/mol. The molecule has 0 bridgehead atoms. The van der Waals surface area contributed by atoms with E-state index in [9.17, 15) is 13.2 Å². The molecule has 1 fully saturated rings. The Balaban J connectivity index is 1.25. The van der Waals surface area contributed by atoms with Crippen molar-refractivity contribution >= 4 is 26.6 Å². The number of aryl methyl sites for hydroxylation is 2. The highest BCUT2D eigenvalue weighted by Gasteiger charge is 2.24. The monoisotopic (exact) mass is 514 g/mol. The van der Waals surface area contributed by atoms with Crippen LogP contribution in [-0.2, 0) is 22.1 Å². The highest BCUT2D eigenvalue weighted by molar-refractivity contribution is 7.90. The number of sulfone groups is 1. The summed E-state index contributed by atoms with van der Waals surface area (Å²) in [5.74, 6) is -0.168. The Morgan fingerprint density at radius 1 is 0.919 bits per heavy atom. The van der Waals surface area contributed by atoms with E-state index in [0.29, 0.717) is 29.7 Å². The Kier molecular flexibility index (Phi) is 7.04. The van der Waals surface area contributed by atoms with Crippen LogP contribution in [0.1, 0.15) is 32.9 Å². The number of pyridine rings is 2. The number of para-hydroxylation sites is 1. The summed E-state index contributed by atoms with van der Waals surface area (Å²) in [5, 5.41) is 0.788. The van der Waals surface area contributed by atoms with Crippen molar-refractivity contribution in [1.82, 2.24) is 19.8 Å². The highest BCUT2D eigenvalue weighted by atomic mass is 32.2. The maximum Gasteiger partial charge on any atom is 0.253 e. The number of rotatable bonds is 6. The summed E-state index contributed by atoms with van der Waals surface area (Å²) < 4.78 is 26.6. The van der Waals surface area contributed by atoms with Crippen LogP contribution < -0.4 is 0 Å². The molecule has 0 radical (unpaired) electrons. The third-order valence-corrected chi connectivity index (χ3v) is 8.55. The van der Waals surface area contributed by atoms with Gasteiger partial charge < -0.3 is 4.90 Å². The summed E-state index contributed by atoms with van der Waals surface area (Å²) in [6, 6.07) is 20.2. The molecule has 1 saturated heterocycles. The Morgan fingerprint density at radius 3 is 2.43 bits per heavy atom. The van der Waals surface area contributed by atoms with Gasteiger partial charge in [-0.2, -0.15) is 0 Å². The van der Waals surface area contributed by atoms with Gasteiger partial charge in [0.15, 0.2) is 9.84 Å². The van der Waals surface area contributed by atoms with E-state index in [0.717, 1.165) is 42.0 Å². The lowest BCUT2D eigenvalue weighted by Gasteiger charge is -2.34. The Morgan fingerprint density at radius 2 is 1.68 bits per heavy atom. The van der Waals surface area contributed by atoms with Gasteiger partial charge in [0.05, 0.1) is 21.9 Å². The van der Waals surface area contributed by atoms with Crippen molar-refractivity contribution in [3.05, 3.63) is 101 Å². The normalized spacial score (nSPS) is 14.7. The maximum atomic E-state index is 13.3. The number of fused-ring (bicyclic) bond motifs is 1. The van der Waals surface area contributed by atoms with Crippen LogP contribution in [0.3, 0.4) is 0 Å². The fourth-order valence-electron chi connectivity index (χ4n) is 4.81. The zero-order valence-corrected chi connectivity index (χ0v) is 21.9. The molecular formula is C29H30N4O3S. The lowest BCUT2D eigenvalue weighted by Crippen LogP contribution is -2.48. The van der Waals surface area contributed by atoms with Gasteiger partial charge in [0.25, 0.3) is 5.91 Å². The van der Waals surface area contributed by atoms with E-state index in [-0.39, 0.29) is 16.6 Å². The SMILES string of the molecule is Cc1cccc(CN2CCN(C(=O)c3ccc(CS(=O)(=O)c4cccc5cccnc45)c(C)c3)CC2)n1. The Hall–Kier alpha value is -3.62. The van der Waals surface area contributed by atoms with Crippen molar-refractivity contribution in [2.24, 2.45) is 0 Å². The molecule has 4 aromatic rings. The van der Waals surface area contributed by atoms with E-state index in [1.807, 2.05) is 49.1 Å². The number of amides is 1. The molecule has 0 aliphatic carbocycles. The molecule has 0 atom stereocenters. The van der Waals surface area contributed by atoms with Crippen LogP contribution in [0.25, 0.3) is 10.9 Å². The standard InChI is InChI=1S/C29H30N4O3S/c1-21-18-24(29(34)33-16-14-32(15-17-33)19-26-9-3-6-22(2)31-26)11-12-25(21)20-37(35,36)27-10-4-7-23-8-5-13-30-28(23)27/h3-13,18H,14-17,19-20H2,1-2H3. The first-order valence-electron chi connectivity index (χ1n) is 12.4. The van der Waals surface area contributed by atoms with E-state index in [1.165, 1.54) is 0 Å². The number of hydrogen-bond acceptors (Lipinski definition) is 6. The second-order valence-corrected chi connectivity index (χ2v) is 11.5. The van der Waals surface area contributed by atoms with Crippen molar-refractivity contribution in [1.29, 1.82) is 0 Å². The van der Waals surface area contributed by atoms with Crippen LogP contribution >= 0.6 is 0 Å². The molecule has 1 aliphatic heterocycles. The average molecular weight is 515 g/mol. The van der Waals surface area contributed by atoms with Crippen LogP contribution in [0.4, 0.5) is 0 Å².